The van der Waals surface area contributed by atoms with E-state index >= 15 is 0 Å². The van der Waals surface area contributed by atoms with Crippen LogP contribution in [0.3, 0.4) is 0 Å². The highest BCUT2D eigenvalue weighted by Gasteiger charge is 2.23. The van der Waals surface area contributed by atoms with Crippen molar-refractivity contribution in [3.63, 3.8) is 0 Å². The van der Waals surface area contributed by atoms with E-state index in [1.54, 1.807) is 0 Å². The zero-order valence-corrected chi connectivity index (χ0v) is 12.0. The molecule has 1 saturated carbocycles. The number of hydrogen-bond donors (Lipinski definition) is 2. The van der Waals surface area contributed by atoms with Crippen LogP contribution in [0.25, 0.3) is 0 Å². The lowest BCUT2D eigenvalue weighted by atomic mass is 10.1. The van der Waals surface area contributed by atoms with Gasteiger partial charge in [0.15, 0.2) is 0 Å². The van der Waals surface area contributed by atoms with Crippen LogP contribution in [0, 0.1) is 0 Å². The number of hydrogen-bond acceptors (Lipinski definition) is 3. The third-order valence-electron chi connectivity index (χ3n) is 2.94. The van der Waals surface area contributed by atoms with Gasteiger partial charge in [0.05, 0.1) is 6.54 Å². The van der Waals surface area contributed by atoms with E-state index in [9.17, 15) is 4.79 Å². The van der Waals surface area contributed by atoms with Gasteiger partial charge in [-0.3, -0.25) is 9.69 Å². The number of anilines is 1. The van der Waals surface area contributed by atoms with Crippen LogP contribution >= 0.6 is 15.9 Å². The third kappa shape index (κ3) is 3.71. The quantitative estimate of drug-likeness (QED) is 0.814. The van der Waals surface area contributed by atoms with Gasteiger partial charge in [-0.2, -0.15) is 0 Å². The van der Waals surface area contributed by atoms with E-state index in [-0.39, 0.29) is 5.91 Å². The fourth-order valence-corrected chi connectivity index (χ4v) is 2.32. The molecule has 0 spiro atoms. The summed E-state index contributed by atoms with van der Waals surface area (Å²) in [5.74, 6) is 0.0885. The maximum absolute atomic E-state index is 11.7. The molecule has 1 amide bonds. The molecular weight excluding hydrogens is 294 g/mol. The van der Waals surface area contributed by atoms with Crippen LogP contribution < -0.4 is 11.1 Å². The van der Waals surface area contributed by atoms with E-state index in [4.69, 9.17) is 5.73 Å². The van der Waals surface area contributed by atoms with Crippen LogP contribution in [0.2, 0.25) is 0 Å². The van der Waals surface area contributed by atoms with Crippen molar-refractivity contribution in [3.05, 3.63) is 28.2 Å². The largest absolute Gasteiger partial charge is 0.398 e. The average Bonchev–Trinajstić information content (AvgIpc) is 3.07. The van der Waals surface area contributed by atoms with E-state index in [2.05, 4.69) is 21.2 Å². The van der Waals surface area contributed by atoms with E-state index in [1.807, 2.05) is 30.1 Å². The van der Waals surface area contributed by atoms with Crippen molar-refractivity contribution in [2.24, 2.45) is 0 Å². The lowest BCUT2D eigenvalue weighted by Crippen LogP contribution is -2.36. The summed E-state index contributed by atoms with van der Waals surface area (Å²) in [4.78, 5) is 13.6. The first-order valence-electron chi connectivity index (χ1n) is 6.07. The highest BCUT2D eigenvalue weighted by Crippen LogP contribution is 2.23. The summed E-state index contributed by atoms with van der Waals surface area (Å²) in [5, 5.41) is 2.98. The minimum atomic E-state index is 0.0885. The van der Waals surface area contributed by atoms with Gasteiger partial charge in [-0.1, -0.05) is 22.0 Å². The summed E-state index contributed by atoms with van der Waals surface area (Å²) in [5.41, 5.74) is 7.71. The van der Waals surface area contributed by atoms with E-state index in [0.29, 0.717) is 19.1 Å². The molecule has 5 heteroatoms. The Balaban J connectivity index is 1.89. The molecule has 0 bridgehead atoms. The highest BCUT2D eigenvalue weighted by molar-refractivity contribution is 9.10. The summed E-state index contributed by atoms with van der Waals surface area (Å²) in [6.45, 7) is 1.06. The van der Waals surface area contributed by atoms with Gasteiger partial charge in [0, 0.05) is 28.3 Å². The number of nitrogens with one attached hydrogen (secondary N) is 1. The number of nitrogens with zero attached hydrogens (tertiary/aromatic N) is 1. The van der Waals surface area contributed by atoms with Crippen molar-refractivity contribution < 1.29 is 4.79 Å². The molecule has 1 aromatic carbocycles. The van der Waals surface area contributed by atoms with Crippen molar-refractivity contribution in [3.8, 4) is 0 Å². The number of nitrogens with two attached hydrogens (primary N) is 1. The molecule has 2 rings (SSSR count). The zero-order valence-electron chi connectivity index (χ0n) is 10.4. The van der Waals surface area contributed by atoms with Crippen LogP contribution in [-0.2, 0) is 11.3 Å². The maximum atomic E-state index is 11.7. The van der Waals surface area contributed by atoms with Crippen LogP contribution in [-0.4, -0.2) is 30.4 Å². The first-order chi connectivity index (χ1) is 8.56. The molecule has 0 radical (unpaired) electrons. The van der Waals surface area contributed by atoms with Gasteiger partial charge in [0.1, 0.15) is 0 Å². The molecule has 1 fully saturated rings. The van der Waals surface area contributed by atoms with Gasteiger partial charge in [-0.05, 0) is 32.0 Å². The Morgan fingerprint density at radius 3 is 2.89 bits per heavy atom. The van der Waals surface area contributed by atoms with E-state index < -0.39 is 0 Å². The van der Waals surface area contributed by atoms with Gasteiger partial charge in [0.2, 0.25) is 5.91 Å². The first-order valence-corrected chi connectivity index (χ1v) is 6.86. The van der Waals surface area contributed by atoms with Crippen LogP contribution in [0.4, 0.5) is 5.69 Å². The Labute approximate surface area is 116 Å². The second kappa shape index (κ2) is 5.71. The molecule has 0 heterocycles. The Hall–Kier alpha value is -1.07. The fraction of sp³-hybridized carbons (Fsp3) is 0.462. The van der Waals surface area contributed by atoms with Crippen molar-refractivity contribution in [1.29, 1.82) is 0 Å². The molecule has 1 aliphatic carbocycles. The molecule has 0 unspecified atom stereocenters. The summed E-state index contributed by atoms with van der Waals surface area (Å²) in [7, 11) is 1.92. The summed E-state index contributed by atoms with van der Waals surface area (Å²) in [6, 6.07) is 6.16. The molecule has 0 saturated heterocycles. The number of nitrogen functional groups attached to an aromatic ring is 1. The first kappa shape index (κ1) is 13.4. The number of carbonyl (C=O) groups excluding carboxylic acids is 1. The number of likely N-dealkylation sites (N-methyl/N-ethyl adjacent to an activating group) is 1. The molecular formula is C13H18BrN3O. The summed E-state index contributed by atoms with van der Waals surface area (Å²) in [6.07, 6.45) is 2.24. The van der Waals surface area contributed by atoms with E-state index in [0.717, 1.165) is 28.6 Å². The van der Waals surface area contributed by atoms with E-state index in [1.165, 1.54) is 0 Å². The minimum Gasteiger partial charge on any atom is -0.398 e. The Bertz CT molecular complexity index is 426. The second-order valence-electron chi connectivity index (χ2n) is 4.82. The van der Waals surface area contributed by atoms with Crippen LogP contribution in [0.15, 0.2) is 22.7 Å². The van der Waals surface area contributed by atoms with Gasteiger partial charge >= 0.3 is 0 Å². The van der Waals surface area contributed by atoms with Crippen LogP contribution in [0.5, 0.6) is 0 Å². The third-order valence-corrected chi connectivity index (χ3v) is 3.68. The Kier molecular flexibility index (Phi) is 4.24. The molecule has 3 N–H and O–H groups in total. The molecule has 4 nitrogen and oxygen atoms in total. The number of halogens is 1. The van der Waals surface area contributed by atoms with Crippen LogP contribution in [0.1, 0.15) is 18.4 Å². The van der Waals surface area contributed by atoms with Gasteiger partial charge < -0.3 is 11.1 Å². The molecule has 1 aromatic rings. The lowest BCUT2D eigenvalue weighted by molar-refractivity contribution is -0.122. The second-order valence-corrected chi connectivity index (χ2v) is 5.68. The van der Waals surface area contributed by atoms with Crippen molar-refractivity contribution in [2.45, 2.75) is 25.4 Å². The number of rotatable bonds is 5. The topological polar surface area (TPSA) is 58.4 Å². The van der Waals surface area contributed by atoms with Gasteiger partial charge in [-0.25, -0.2) is 0 Å². The molecule has 0 aromatic heterocycles. The van der Waals surface area contributed by atoms with Crippen molar-refractivity contribution >= 4 is 27.5 Å². The molecule has 98 valence electrons. The number of benzene rings is 1. The zero-order chi connectivity index (χ0) is 13.1. The normalized spacial score (nSPS) is 14.8. The predicted molar refractivity (Wildman–Crippen MR) is 76.1 cm³/mol. The number of amides is 1. The van der Waals surface area contributed by atoms with Crippen molar-refractivity contribution in [2.75, 3.05) is 19.3 Å². The highest BCUT2D eigenvalue weighted by atomic mass is 79.9. The summed E-state index contributed by atoms with van der Waals surface area (Å²) < 4.78 is 0.983. The fourth-order valence-electron chi connectivity index (χ4n) is 1.81. The predicted octanol–water partition coefficient (Wildman–Crippen LogP) is 1.74. The van der Waals surface area contributed by atoms with Gasteiger partial charge in [-0.15, -0.1) is 0 Å². The molecule has 0 atom stereocenters. The summed E-state index contributed by atoms with van der Waals surface area (Å²) >= 11 is 3.48. The smallest absolute Gasteiger partial charge is 0.234 e. The Morgan fingerprint density at radius 2 is 2.28 bits per heavy atom. The average molecular weight is 312 g/mol. The maximum Gasteiger partial charge on any atom is 0.234 e. The monoisotopic (exact) mass is 311 g/mol. The molecule has 18 heavy (non-hydrogen) atoms. The van der Waals surface area contributed by atoms with Crippen molar-refractivity contribution in [1.82, 2.24) is 10.2 Å². The standard InChI is InChI=1S/C13H18BrN3O/c1-17(8-13(18)16-9-5-6-9)7-10-11(14)3-2-4-12(10)15/h2-4,9H,5-8,15H2,1H3,(H,16,18). The lowest BCUT2D eigenvalue weighted by Gasteiger charge is -2.18. The molecule has 0 aliphatic heterocycles. The number of carbonyl (C=O) groups is 1. The minimum absolute atomic E-state index is 0.0885. The van der Waals surface area contributed by atoms with Gasteiger partial charge in [0.25, 0.3) is 0 Å². The Morgan fingerprint density at radius 1 is 1.56 bits per heavy atom. The SMILES string of the molecule is CN(CC(=O)NC1CC1)Cc1c(N)cccc1Br. The molecule has 1 aliphatic rings.